The number of benzene rings is 3. The van der Waals surface area contributed by atoms with E-state index in [9.17, 15) is 15.0 Å². The zero-order valence-electron chi connectivity index (χ0n) is 19.3. The van der Waals surface area contributed by atoms with Crippen LogP contribution in [0.3, 0.4) is 0 Å². The Labute approximate surface area is 205 Å². The van der Waals surface area contributed by atoms with E-state index in [2.05, 4.69) is 5.32 Å². The smallest absolute Gasteiger partial charge is 0.339 e. The minimum absolute atomic E-state index is 0.150. The number of hydrogen-bond acceptors (Lipinski definition) is 5. The Bertz CT molecular complexity index is 1080. The number of ether oxygens (including phenoxy) is 2. The van der Waals surface area contributed by atoms with Gasteiger partial charge in [0.15, 0.2) is 0 Å². The number of aliphatic hydroxyl groups is 1. The van der Waals surface area contributed by atoms with Gasteiger partial charge in [0.05, 0.1) is 12.7 Å². The predicted octanol–water partition coefficient (Wildman–Crippen LogP) is 5.44. The first-order valence-electron chi connectivity index (χ1n) is 11.2. The van der Waals surface area contributed by atoms with E-state index in [1.165, 1.54) is 0 Å². The quantitative estimate of drug-likeness (QED) is 0.297. The van der Waals surface area contributed by atoms with E-state index in [0.717, 1.165) is 22.4 Å². The number of carboxylic acid groups (broad SMARTS) is 1. The summed E-state index contributed by atoms with van der Waals surface area (Å²) in [5, 5.41) is 23.4. The number of hydrogen-bond donors (Lipinski definition) is 3. The molecule has 180 valence electrons. The molecule has 0 amide bonds. The molecule has 0 saturated heterocycles. The third kappa shape index (κ3) is 7.48. The molecule has 0 bridgehead atoms. The lowest BCUT2D eigenvalue weighted by Gasteiger charge is -2.14. The second kappa shape index (κ2) is 12.4. The highest BCUT2D eigenvalue weighted by Crippen LogP contribution is 2.29. The normalized spacial score (nSPS) is 11.9. The van der Waals surface area contributed by atoms with E-state index < -0.39 is 12.1 Å². The summed E-state index contributed by atoms with van der Waals surface area (Å²) in [7, 11) is 0. The Hall–Kier alpha value is -3.06. The van der Waals surface area contributed by atoms with Gasteiger partial charge >= 0.3 is 5.97 Å². The first-order chi connectivity index (χ1) is 16.3. The molecule has 0 heterocycles. The van der Waals surface area contributed by atoms with Crippen molar-refractivity contribution in [2.24, 2.45) is 5.92 Å². The number of halogens is 1. The van der Waals surface area contributed by atoms with Gasteiger partial charge < -0.3 is 25.0 Å². The fraction of sp³-hybridized carbons (Fsp3) is 0.296. The summed E-state index contributed by atoms with van der Waals surface area (Å²) in [5.74, 6) is 0.364. The lowest BCUT2D eigenvalue weighted by atomic mass is 10.0. The van der Waals surface area contributed by atoms with Crippen molar-refractivity contribution in [3.8, 4) is 22.6 Å². The molecule has 0 saturated carbocycles. The van der Waals surface area contributed by atoms with Crippen LogP contribution in [0.5, 0.6) is 11.5 Å². The zero-order valence-corrected chi connectivity index (χ0v) is 20.1. The average Bonchev–Trinajstić information content (AvgIpc) is 2.82. The van der Waals surface area contributed by atoms with Gasteiger partial charge in [0.1, 0.15) is 23.7 Å². The third-order valence-electron chi connectivity index (χ3n) is 5.09. The van der Waals surface area contributed by atoms with Gasteiger partial charge in [-0.15, -0.1) is 0 Å². The van der Waals surface area contributed by atoms with E-state index in [4.69, 9.17) is 21.1 Å². The number of aromatic carboxylic acids is 1. The highest BCUT2D eigenvalue weighted by atomic mass is 35.5. The molecule has 3 aromatic rings. The Morgan fingerprint density at radius 2 is 1.74 bits per heavy atom. The summed E-state index contributed by atoms with van der Waals surface area (Å²) in [6.07, 6.45) is -0.639. The van der Waals surface area contributed by atoms with Gasteiger partial charge in [0, 0.05) is 18.1 Å². The maximum atomic E-state index is 11.5. The highest BCUT2D eigenvalue weighted by Gasteiger charge is 2.14. The molecule has 0 spiro atoms. The maximum absolute atomic E-state index is 11.5. The van der Waals surface area contributed by atoms with Crippen molar-refractivity contribution < 1.29 is 24.5 Å². The van der Waals surface area contributed by atoms with Crippen molar-refractivity contribution >= 4 is 17.6 Å². The number of rotatable bonds is 12. The molecule has 34 heavy (non-hydrogen) atoms. The summed E-state index contributed by atoms with van der Waals surface area (Å²) in [5.41, 5.74) is 2.72. The van der Waals surface area contributed by atoms with Crippen molar-refractivity contribution in [3.63, 3.8) is 0 Å². The van der Waals surface area contributed by atoms with E-state index in [1.54, 1.807) is 30.3 Å². The van der Waals surface area contributed by atoms with E-state index >= 15 is 0 Å². The van der Waals surface area contributed by atoms with Crippen LogP contribution in [0.1, 0.15) is 35.9 Å². The number of aliphatic hydroxyl groups excluding tert-OH is 1. The molecular weight excluding hydrogens is 454 g/mol. The predicted molar refractivity (Wildman–Crippen MR) is 134 cm³/mol. The summed E-state index contributed by atoms with van der Waals surface area (Å²) in [4.78, 5) is 11.5. The number of carbonyl (C=O) groups is 1. The van der Waals surface area contributed by atoms with Gasteiger partial charge in [-0.1, -0.05) is 55.8 Å². The van der Waals surface area contributed by atoms with Crippen molar-refractivity contribution in [1.82, 2.24) is 5.32 Å². The minimum Gasteiger partial charge on any atom is -0.492 e. The van der Waals surface area contributed by atoms with Crippen molar-refractivity contribution in [3.05, 3.63) is 82.9 Å². The lowest BCUT2D eigenvalue weighted by molar-refractivity contribution is 0.0691. The van der Waals surface area contributed by atoms with Gasteiger partial charge in [-0.25, -0.2) is 4.79 Å². The largest absolute Gasteiger partial charge is 0.492 e. The molecule has 0 aliphatic heterocycles. The van der Waals surface area contributed by atoms with E-state index in [-0.39, 0.29) is 11.5 Å². The Kier molecular flexibility index (Phi) is 9.33. The molecule has 7 heteroatoms. The van der Waals surface area contributed by atoms with Crippen molar-refractivity contribution in [1.29, 1.82) is 0 Å². The van der Waals surface area contributed by atoms with Crippen molar-refractivity contribution in [2.75, 3.05) is 26.3 Å². The van der Waals surface area contributed by atoms with Crippen LogP contribution >= 0.6 is 11.6 Å². The molecule has 6 nitrogen and oxygen atoms in total. The lowest BCUT2D eigenvalue weighted by Crippen LogP contribution is -2.26. The number of carboxylic acids is 1. The summed E-state index contributed by atoms with van der Waals surface area (Å²) in [6.45, 7) is 5.89. The van der Waals surface area contributed by atoms with Gasteiger partial charge in [-0.3, -0.25) is 0 Å². The second-order valence-corrected chi connectivity index (χ2v) is 8.81. The molecule has 0 aliphatic rings. The molecule has 1 atom stereocenters. The van der Waals surface area contributed by atoms with Crippen LogP contribution in [0.15, 0.2) is 66.7 Å². The van der Waals surface area contributed by atoms with Crippen LogP contribution in [-0.4, -0.2) is 42.5 Å². The minimum atomic E-state index is -1.01. The maximum Gasteiger partial charge on any atom is 0.339 e. The number of nitrogens with one attached hydrogen (secondary N) is 1. The molecule has 0 aliphatic carbocycles. The monoisotopic (exact) mass is 483 g/mol. The Balaban J connectivity index is 1.51. The SMILES string of the molecule is CC(C)COc1cc(-c2ccc(OCCNC[C@@H](O)c3cccc(Cl)c3)cc2)ccc1C(=O)O. The fourth-order valence-corrected chi connectivity index (χ4v) is 3.51. The van der Waals surface area contributed by atoms with Crippen LogP contribution in [0.25, 0.3) is 11.1 Å². The zero-order chi connectivity index (χ0) is 24.5. The summed E-state index contributed by atoms with van der Waals surface area (Å²) < 4.78 is 11.5. The first kappa shape index (κ1) is 25.6. The van der Waals surface area contributed by atoms with Crippen molar-refractivity contribution in [2.45, 2.75) is 20.0 Å². The first-order valence-corrected chi connectivity index (χ1v) is 11.6. The molecule has 3 rings (SSSR count). The Morgan fingerprint density at radius 1 is 1.00 bits per heavy atom. The van der Waals surface area contributed by atoms with Crippen LogP contribution in [0.4, 0.5) is 0 Å². The third-order valence-corrected chi connectivity index (χ3v) is 5.33. The van der Waals surface area contributed by atoms with Gasteiger partial charge in [-0.2, -0.15) is 0 Å². The summed E-state index contributed by atoms with van der Waals surface area (Å²) >= 11 is 5.96. The molecule has 3 aromatic carbocycles. The fourth-order valence-electron chi connectivity index (χ4n) is 3.31. The van der Waals surface area contributed by atoms with Crippen LogP contribution in [-0.2, 0) is 0 Å². The molecule has 0 radical (unpaired) electrons. The van der Waals surface area contributed by atoms with Gasteiger partial charge in [0.2, 0.25) is 0 Å². The second-order valence-electron chi connectivity index (χ2n) is 8.37. The van der Waals surface area contributed by atoms with Crippen LogP contribution in [0, 0.1) is 5.92 Å². The van der Waals surface area contributed by atoms with E-state index in [0.29, 0.717) is 37.1 Å². The van der Waals surface area contributed by atoms with Crippen LogP contribution in [0.2, 0.25) is 5.02 Å². The van der Waals surface area contributed by atoms with Gasteiger partial charge in [-0.05, 0) is 59.0 Å². The average molecular weight is 484 g/mol. The van der Waals surface area contributed by atoms with Gasteiger partial charge in [0.25, 0.3) is 0 Å². The Morgan fingerprint density at radius 3 is 2.41 bits per heavy atom. The summed E-state index contributed by atoms with van der Waals surface area (Å²) in [6, 6.07) is 19.9. The topological polar surface area (TPSA) is 88.0 Å². The van der Waals surface area contributed by atoms with Crippen LogP contribution < -0.4 is 14.8 Å². The molecule has 3 N–H and O–H groups in total. The highest BCUT2D eigenvalue weighted by molar-refractivity contribution is 6.30. The molecular formula is C27H30ClNO5. The molecule has 0 fully saturated rings. The standard InChI is InChI=1S/C27H30ClNO5/c1-18(2)17-34-26-15-20(8-11-24(26)27(31)32)19-6-9-23(10-7-19)33-13-12-29-16-25(30)21-4-3-5-22(28)14-21/h3-11,14-15,18,25,29-30H,12-13,16-17H2,1-2H3,(H,31,32)/t25-/m1/s1. The van der Waals surface area contributed by atoms with E-state index in [1.807, 2.05) is 50.2 Å². The molecule has 0 unspecified atom stereocenters. The molecule has 0 aromatic heterocycles.